The Kier molecular flexibility index (Phi) is 5.03. The molecule has 1 N–H and O–H groups in total. The molecule has 0 radical (unpaired) electrons. The van der Waals surface area contributed by atoms with Gasteiger partial charge in [0.25, 0.3) is 5.91 Å². The van der Waals surface area contributed by atoms with Crippen molar-refractivity contribution in [3.05, 3.63) is 78.2 Å². The van der Waals surface area contributed by atoms with E-state index in [0.717, 1.165) is 11.1 Å². The summed E-state index contributed by atoms with van der Waals surface area (Å²) < 4.78 is 10.8. The fraction of sp³-hybridized carbons (Fsp3) is 0.158. The fourth-order valence-electron chi connectivity index (χ4n) is 2.39. The lowest BCUT2D eigenvalue weighted by Gasteiger charge is -2.14. The number of oxazole rings is 1. The first kappa shape index (κ1) is 16.0. The van der Waals surface area contributed by atoms with E-state index in [-0.39, 0.29) is 12.5 Å². The second kappa shape index (κ2) is 7.57. The summed E-state index contributed by atoms with van der Waals surface area (Å²) in [5.41, 5.74) is 2.36. The molecule has 0 aliphatic heterocycles. The van der Waals surface area contributed by atoms with Crippen LogP contribution in [0.5, 0.6) is 0 Å². The summed E-state index contributed by atoms with van der Waals surface area (Å²) in [4.78, 5) is 16.7. The zero-order valence-electron chi connectivity index (χ0n) is 13.3. The number of aromatic nitrogens is 1. The minimum atomic E-state index is -0.647. The van der Waals surface area contributed by atoms with Crippen molar-refractivity contribution in [1.29, 1.82) is 0 Å². The number of nitrogens with one attached hydrogen (secondary N) is 1. The van der Waals surface area contributed by atoms with Gasteiger partial charge in [-0.15, -0.1) is 0 Å². The van der Waals surface area contributed by atoms with Crippen molar-refractivity contribution < 1.29 is 13.9 Å². The number of amides is 1. The first-order chi connectivity index (χ1) is 11.8. The van der Waals surface area contributed by atoms with E-state index >= 15 is 0 Å². The smallest absolute Gasteiger partial charge is 0.254 e. The van der Waals surface area contributed by atoms with Crippen molar-refractivity contribution in [2.75, 3.05) is 7.11 Å². The Hall–Kier alpha value is -2.92. The van der Waals surface area contributed by atoms with Crippen LogP contribution < -0.4 is 5.32 Å². The topological polar surface area (TPSA) is 64.4 Å². The van der Waals surface area contributed by atoms with E-state index in [1.54, 1.807) is 6.26 Å². The van der Waals surface area contributed by atoms with Crippen LogP contribution in [-0.2, 0) is 16.1 Å². The van der Waals surface area contributed by atoms with Gasteiger partial charge in [0.1, 0.15) is 6.26 Å². The number of carbonyl (C=O) groups excluding carboxylic acids is 1. The molecule has 0 saturated heterocycles. The second-order valence-corrected chi connectivity index (χ2v) is 5.25. The molecule has 3 rings (SSSR count). The standard InChI is InChI=1S/C19H18N2O3/c1-23-17(14-8-4-2-5-9-14)18(22)20-12-16-13-24-19(21-16)15-10-6-3-7-11-15/h2-11,13,17H,12H2,1H3,(H,20,22). The molecule has 3 aromatic rings. The SMILES string of the molecule is COC(C(=O)NCc1coc(-c2ccccc2)n1)c1ccccc1. The zero-order chi connectivity index (χ0) is 16.8. The van der Waals surface area contributed by atoms with Gasteiger partial charge in [0.05, 0.1) is 12.2 Å². The van der Waals surface area contributed by atoms with Crippen LogP contribution in [0.2, 0.25) is 0 Å². The number of benzene rings is 2. The normalized spacial score (nSPS) is 11.9. The highest BCUT2D eigenvalue weighted by molar-refractivity contribution is 5.82. The number of methoxy groups -OCH3 is 1. The zero-order valence-corrected chi connectivity index (χ0v) is 13.3. The molecule has 2 aromatic carbocycles. The Morgan fingerprint density at radius 1 is 1.12 bits per heavy atom. The van der Waals surface area contributed by atoms with Crippen LogP contribution in [0.1, 0.15) is 17.4 Å². The van der Waals surface area contributed by atoms with Crippen LogP contribution in [0.15, 0.2) is 71.3 Å². The molecule has 24 heavy (non-hydrogen) atoms. The van der Waals surface area contributed by atoms with Gasteiger partial charge in [0.15, 0.2) is 6.10 Å². The Morgan fingerprint density at radius 3 is 2.46 bits per heavy atom. The van der Waals surface area contributed by atoms with Crippen LogP contribution in [0.3, 0.4) is 0 Å². The van der Waals surface area contributed by atoms with E-state index in [9.17, 15) is 4.79 Å². The van der Waals surface area contributed by atoms with Crippen molar-refractivity contribution in [3.63, 3.8) is 0 Å². The molecule has 1 atom stereocenters. The predicted molar refractivity (Wildman–Crippen MR) is 90.0 cm³/mol. The maximum absolute atomic E-state index is 12.3. The number of ether oxygens (including phenoxy) is 1. The van der Waals surface area contributed by atoms with Gasteiger partial charge in [0.2, 0.25) is 5.89 Å². The summed E-state index contributed by atoms with van der Waals surface area (Å²) >= 11 is 0. The van der Waals surface area contributed by atoms with Crippen LogP contribution in [0.4, 0.5) is 0 Å². The Morgan fingerprint density at radius 2 is 1.79 bits per heavy atom. The summed E-state index contributed by atoms with van der Waals surface area (Å²) in [7, 11) is 1.51. The van der Waals surface area contributed by atoms with Gasteiger partial charge >= 0.3 is 0 Å². The summed E-state index contributed by atoms with van der Waals surface area (Å²) in [6.07, 6.45) is 0.902. The van der Waals surface area contributed by atoms with Gasteiger partial charge in [-0.3, -0.25) is 4.79 Å². The molecule has 0 spiro atoms. The third-order valence-corrected chi connectivity index (χ3v) is 3.59. The van der Waals surface area contributed by atoms with Gasteiger partial charge in [-0.25, -0.2) is 4.98 Å². The highest BCUT2D eigenvalue weighted by atomic mass is 16.5. The van der Waals surface area contributed by atoms with Crippen molar-refractivity contribution in [2.24, 2.45) is 0 Å². The lowest BCUT2D eigenvalue weighted by molar-refractivity contribution is -0.131. The predicted octanol–water partition coefficient (Wildman–Crippen LogP) is 3.35. The van der Waals surface area contributed by atoms with E-state index in [0.29, 0.717) is 11.6 Å². The van der Waals surface area contributed by atoms with E-state index < -0.39 is 6.10 Å². The Labute approximate surface area is 140 Å². The monoisotopic (exact) mass is 322 g/mol. The molecular formula is C19H18N2O3. The molecule has 1 unspecified atom stereocenters. The maximum atomic E-state index is 12.3. The second-order valence-electron chi connectivity index (χ2n) is 5.25. The molecule has 5 heteroatoms. The molecule has 0 aliphatic carbocycles. The molecule has 0 bridgehead atoms. The molecule has 1 aromatic heterocycles. The molecule has 5 nitrogen and oxygen atoms in total. The first-order valence-electron chi connectivity index (χ1n) is 7.63. The number of hydrogen-bond acceptors (Lipinski definition) is 4. The van der Waals surface area contributed by atoms with E-state index in [1.807, 2.05) is 60.7 Å². The molecule has 0 aliphatic rings. The molecule has 0 fully saturated rings. The highest BCUT2D eigenvalue weighted by Crippen LogP contribution is 2.19. The fourth-order valence-corrected chi connectivity index (χ4v) is 2.39. The summed E-state index contributed by atoms with van der Waals surface area (Å²) in [6.45, 7) is 0.280. The lowest BCUT2D eigenvalue weighted by atomic mass is 10.1. The van der Waals surface area contributed by atoms with Crippen LogP contribution in [-0.4, -0.2) is 18.0 Å². The minimum absolute atomic E-state index is 0.215. The Bertz CT molecular complexity index is 785. The van der Waals surface area contributed by atoms with Crippen molar-refractivity contribution in [3.8, 4) is 11.5 Å². The summed E-state index contributed by atoms with van der Waals surface area (Å²) in [6, 6.07) is 19.0. The molecule has 122 valence electrons. The average molecular weight is 322 g/mol. The molecule has 1 heterocycles. The van der Waals surface area contributed by atoms with Gasteiger partial charge in [-0.05, 0) is 17.7 Å². The molecule has 0 saturated carbocycles. The molecule has 1 amide bonds. The third-order valence-electron chi connectivity index (χ3n) is 3.59. The maximum Gasteiger partial charge on any atom is 0.254 e. The van der Waals surface area contributed by atoms with Gasteiger partial charge < -0.3 is 14.5 Å². The number of rotatable bonds is 6. The van der Waals surface area contributed by atoms with Crippen LogP contribution in [0, 0.1) is 0 Å². The van der Waals surface area contributed by atoms with Crippen molar-refractivity contribution in [2.45, 2.75) is 12.6 Å². The number of nitrogens with zero attached hydrogens (tertiary/aromatic N) is 1. The lowest BCUT2D eigenvalue weighted by Crippen LogP contribution is -2.30. The summed E-state index contributed by atoms with van der Waals surface area (Å²) in [5, 5.41) is 2.83. The largest absolute Gasteiger partial charge is 0.444 e. The number of carbonyl (C=O) groups is 1. The Balaban J connectivity index is 1.63. The van der Waals surface area contributed by atoms with E-state index in [2.05, 4.69) is 10.3 Å². The van der Waals surface area contributed by atoms with Crippen LogP contribution >= 0.6 is 0 Å². The quantitative estimate of drug-likeness (QED) is 0.756. The first-order valence-corrected chi connectivity index (χ1v) is 7.63. The average Bonchev–Trinajstić information content (AvgIpc) is 3.11. The highest BCUT2D eigenvalue weighted by Gasteiger charge is 2.19. The van der Waals surface area contributed by atoms with E-state index in [4.69, 9.17) is 9.15 Å². The molecular weight excluding hydrogens is 304 g/mol. The van der Waals surface area contributed by atoms with Gasteiger partial charge in [0, 0.05) is 12.7 Å². The van der Waals surface area contributed by atoms with Crippen molar-refractivity contribution >= 4 is 5.91 Å². The third kappa shape index (κ3) is 3.70. The number of hydrogen-bond donors (Lipinski definition) is 1. The van der Waals surface area contributed by atoms with E-state index in [1.165, 1.54) is 7.11 Å². The minimum Gasteiger partial charge on any atom is -0.444 e. The van der Waals surface area contributed by atoms with Gasteiger partial charge in [-0.1, -0.05) is 48.5 Å². The summed E-state index contributed by atoms with van der Waals surface area (Å²) in [5.74, 6) is 0.319. The van der Waals surface area contributed by atoms with Crippen LogP contribution in [0.25, 0.3) is 11.5 Å². The van der Waals surface area contributed by atoms with Crippen molar-refractivity contribution in [1.82, 2.24) is 10.3 Å². The van der Waals surface area contributed by atoms with Gasteiger partial charge in [-0.2, -0.15) is 0 Å².